The van der Waals surface area contributed by atoms with Crippen LogP contribution in [0.2, 0.25) is 10.0 Å². The van der Waals surface area contributed by atoms with Gasteiger partial charge in [0.15, 0.2) is 0 Å². The highest BCUT2D eigenvalue weighted by molar-refractivity contribution is 6.35. The molecule has 0 fully saturated rings. The monoisotopic (exact) mass is 414 g/mol. The molecule has 4 nitrogen and oxygen atoms in total. The summed E-state index contributed by atoms with van der Waals surface area (Å²) in [6, 6.07) is 12.9. The van der Waals surface area contributed by atoms with Gasteiger partial charge in [0.05, 0.1) is 22.6 Å². The van der Waals surface area contributed by atoms with Gasteiger partial charge in [0.2, 0.25) is 0 Å². The van der Waals surface area contributed by atoms with Gasteiger partial charge in [0.1, 0.15) is 24.3 Å². The summed E-state index contributed by atoms with van der Waals surface area (Å²) in [4.78, 5) is 4.68. The van der Waals surface area contributed by atoms with E-state index in [1.807, 2.05) is 24.3 Å². The zero-order valence-corrected chi connectivity index (χ0v) is 16.9. The molecule has 2 aromatic carbocycles. The number of ether oxygens (including phenoxy) is 1. The molecule has 140 valence electrons. The number of halogens is 3. The molecule has 0 spiro atoms. The molecular weight excluding hydrogens is 395 g/mol. The summed E-state index contributed by atoms with van der Waals surface area (Å²) >= 11 is 12.0. The SMILES string of the molecule is CC(C)c1nc2ccccc2n1CC(O)COc1ccc(Cl)cc1Cl.Cl. The van der Waals surface area contributed by atoms with Crippen LogP contribution in [-0.4, -0.2) is 27.4 Å². The topological polar surface area (TPSA) is 47.3 Å². The number of imidazole rings is 1. The van der Waals surface area contributed by atoms with E-state index in [0.29, 0.717) is 22.3 Å². The van der Waals surface area contributed by atoms with E-state index in [4.69, 9.17) is 27.9 Å². The second kappa shape index (κ2) is 8.96. The summed E-state index contributed by atoms with van der Waals surface area (Å²) in [6.07, 6.45) is -0.693. The Bertz CT molecular complexity index is 880. The number of aromatic nitrogens is 2. The molecule has 7 heteroatoms. The van der Waals surface area contributed by atoms with Crippen molar-refractivity contribution in [1.29, 1.82) is 0 Å². The molecule has 0 saturated carbocycles. The Morgan fingerprint density at radius 3 is 2.58 bits per heavy atom. The fraction of sp³-hybridized carbons (Fsp3) is 0.316. The van der Waals surface area contributed by atoms with Gasteiger partial charge >= 0.3 is 0 Å². The molecule has 0 aliphatic rings. The Labute approximate surface area is 169 Å². The number of aliphatic hydroxyl groups excluding tert-OH is 1. The minimum Gasteiger partial charge on any atom is -0.489 e. The standard InChI is InChI=1S/C19H20Cl2N2O2.ClH/c1-12(2)19-22-16-5-3-4-6-17(16)23(19)10-14(24)11-25-18-8-7-13(20)9-15(18)21;/h3-9,12,14,24H,10-11H2,1-2H3;1H. The largest absolute Gasteiger partial charge is 0.489 e. The summed E-state index contributed by atoms with van der Waals surface area (Å²) in [5.74, 6) is 1.71. The quantitative estimate of drug-likeness (QED) is 0.592. The van der Waals surface area contributed by atoms with E-state index in [9.17, 15) is 5.11 Å². The van der Waals surface area contributed by atoms with Gasteiger partial charge in [-0.3, -0.25) is 0 Å². The van der Waals surface area contributed by atoms with E-state index >= 15 is 0 Å². The molecule has 0 amide bonds. The van der Waals surface area contributed by atoms with Crippen molar-refractivity contribution in [3.63, 3.8) is 0 Å². The van der Waals surface area contributed by atoms with Crippen LogP contribution in [0.1, 0.15) is 25.6 Å². The first-order valence-electron chi connectivity index (χ1n) is 8.16. The predicted octanol–water partition coefficient (Wildman–Crippen LogP) is 5.33. The number of hydrogen-bond acceptors (Lipinski definition) is 3. The maximum Gasteiger partial charge on any atom is 0.138 e. The minimum absolute atomic E-state index is 0. The second-order valence-electron chi connectivity index (χ2n) is 6.26. The predicted molar refractivity (Wildman–Crippen MR) is 109 cm³/mol. The van der Waals surface area contributed by atoms with Crippen molar-refractivity contribution < 1.29 is 9.84 Å². The van der Waals surface area contributed by atoms with Crippen molar-refractivity contribution >= 4 is 46.6 Å². The van der Waals surface area contributed by atoms with Crippen molar-refractivity contribution in [2.75, 3.05) is 6.61 Å². The average molecular weight is 416 g/mol. The van der Waals surface area contributed by atoms with Crippen molar-refractivity contribution in [2.24, 2.45) is 0 Å². The number of benzene rings is 2. The Hall–Kier alpha value is -1.46. The highest BCUT2D eigenvalue weighted by Crippen LogP contribution is 2.28. The molecule has 0 saturated heterocycles. The molecule has 1 heterocycles. The highest BCUT2D eigenvalue weighted by Gasteiger charge is 2.17. The first-order chi connectivity index (χ1) is 12.0. The lowest BCUT2D eigenvalue weighted by Crippen LogP contribution is -2.25. The van der Waals surface area contributed by atoms with Crippen LogP contribution in [0.4, 0.5) is 0 Å². The second-order valence-corrected chi connectivity index (χ2v) is 7.11. The van der Waals surface area contributed by atoms with Crippen LogP contribution in [0.25, 0.3) is 11.0 Å². The molecule has 1 N–H and O–H groups in total. The van der Waals surface area contributed by atoms with Gasteiger partial charge in [-0.15, -0.1) is 12.4 Å². The van der Waals surface area contributed by atoms with Crippen molar-refractivity contribution in [3.05, 3.63) is 58.3 Å². The fourth-order valence-electron chi connectivity index (χ4n) is 2.77. The van der Waals surface area contributed by atoms with Gasteiger partial charge in [-0.2, -0.15) is 0 Å². The van der Waals surface area contributed by atoms with Crippen LogP contribution >= 0.6 is 35.6 Å². The van der Waals surface area contributed by atoms with Gasteiger partial charge in [-0.05, 0) is 30.3 Å². The molecule has 0 radical (unpaired) electrons. The number of aliphatic hydroxyl groups is 1. The summed E-state index contributed by atoms with van der Waals surface area (Å²) < 4.78 is 7.69. The number of hydrogen-bond donors (Lipinski definition) is 1. The van der Waals surface area contributed by atoms with Crippen LogP contribution in [0.15, 0.2) is 42.5 Å². The number of rotatable bonds is 6. The first kappa shape index (κ1) is 20.8. The van der Waals surface area contributed by atoms with Gasteiger partial charge in [0, 0.05) is 10.9 Å². The molecular formula is C19H21Cl3N2O2. The van der Waals surface area contributed by atoms with Crippen molar-refractivity contribution in [1.82, 2.24) is 9.55 Å². The van der Waals surface area contributed by atoms with Gasteiger partial charge in [-0.1, -0.05) is 49.2 Å². The lowest BCUT2D eigenvalue weighted by Gasteiger charge is -2.17. The Kier molecular flexibility index (Phi) is 7.18. The summed E-state index contributed by atoms with van der Waals surface area (Å²) in [6.45, 7) is 4.72. The molecule has 0 aliphatic carbocycles. The van der Waals surface area contributed by atoms with Crippen LogP contribution in [0.3, 0.4) is 0 Å². The molecule has 26 heavy (non-hydrogen) atoms. The minimum atomic E-state index is -0.693. The van der Waals surface area contributed by atoms with Gasteiger partial charge in [-0.25, -0.2) is 4.98 Å². The van der Waals surface area contributed by atoms with Crippen molar-refractivity contribution in [2.45, 2.75) is 32.4 Å². The third-order valence-electron chi connectivity index (χ3n) is 3.92. The molecule has 1 atom stereocenters. The molecule has 1 unspecified atom stereocenters. The first-order valence-corrected chi connectivity index (χ1v) is 8.92. The van der Waals surface area contributed by atoms with E-state index in [2.05, 4.69) is 23.4 Å². The Morgan fingerprint density at radius 1 is 1.15 bits per heavy atom. The number of fused-ring (bicyclic) bond motifs is 1. The Morgan fingerprint density at radius 2 is 1.88 bits per heavy atom. The van der Waals surface area contributed by atoms with E-state index in [1.54, 1.807) is 18.2 Å². The molecule has 0 bridgehead atoms. The van der Waals surface area contributed by atoms with Crippen LogP contribution < -0.4 is 4.74 Å². The van der Waals surface area contributed by atoms with E-state index in [1.165, 1.54) is 0 Å². The van der Waals surface area contributed by atoms with Crippen molar-refractivity contribution in [3.8, 4) is 5.75 Å². The normalized spacial score (nSPS) is 12.2. The smallest absolute Gasteiger partial charge is 0.138 e. The molecule has 3 rings (SSSR count). The summed E-state index contributed by atoms with van der Waals surface area (Å²) in [7, 11) is 0. The van der Waals surface area contributed by atoms with E-state index < -0.39 is 6.10 Å². The third-order valence-corrected chi connectivity index (χ3v) is 4.45. The van der Waals surface area contributed by atoms with Crippen LogP contribution in [0, 0.1) is 0 Å². The van der Waals surface area contributed by atoms with Crippen LogP contribution in [-0.2, 0) is 6.54 Å². The zero-order chi connectivity index (χ0) is 18.0. The maximum absolute atomic E-state index is 10.5. The average Bonchev–Trinajstić information content (AvgIpc) is 2.93. The number of para-hydroxylation sites is 2. The summed E-state index contributed by atoms with van der Waals surface area (Å²) in [5, 5.41) is 11.4. The Balaban J connectivity index is 0.00000243. The number of nitrogens with zero attached hydrogens (tertiary/aromatic N) is 2. The molecule has 3 aromatic rings. The molecule has 1 aromatic heterocycles. The van der Waals surface area contributed by atoms with Crippen LogP contribution in [0.5, 0.6) is 5.75 Å². The van der Waals surface area contributed by atoms with Gasteiger partial charge < -0.3 is 14.4 Å². The lowest BCUT2D eigenvalue weighted by molar-refractivity contribution is 0.0926. The maximum atomic E-state index is 10.5. The van der Waals surface area contributed by atoms with E-state index in [-0.39, 0.29) is 24.9 Å². The van der Waals surface area contributed by atoms with E-state index in [0.717, 1.165) is 16.9 Å². The fourth-order valence-corrected chi connectivity index (χ4v) is 3.23. The van der Waals surface area contributed by atoms with Gasteiger partial charge in [0.25, 0.3) is 0 Å². The third kappa shape index (κ3) is 4.63. The highest BCUT2D eigenvalue weighted by atomic mass is 35.5. The lowest BCUT2D eigenvalue weighted by atomic mass is 10.2. The molecule has 0 aliphatic heterocycles. The zero-order valence-electron chi connectivity index (χ0n) is 14.5. The summed E-state index contributed by atoms with van der Waals surface area (Å²) in [5.41, 5.74) is 1.94.